The third-order valence-electron chi connectivity index (χ3n) is 6.39. The molecule has 0 aliphatic carbocycles. The average molecular weight is 392 g/mol. The lowest BCUT2D eigenvalue weighted by atomic mass is 10.0. The molecule has 6 nitrogen and oxygen atoms in total. The molecular weight excluding hydrogens is 352 g/mol. The molecular formula is C22H39N4O2+3. The summed E-state index contributed by atoms with van der Waals surface area (Å²) in [5.74, 6) is 0.192. The standard InChI is InChI=1S/C22H36N4O2/c1-19-5-4-6-20(15-19)16-24-7-9-25(10-8-24)17-21(27)23-18-22(2,3)26-11-13-28-14-12-26/h4-6,15H,7-14,16-18H2,1-3H3,(H,23,27)/p+3. The Balaban J connectivity index is 1.36. The fourth-order valence-electron chi connectivity index (χ4n) is 4.45. The minimum Gasteiger partial charge on any atom is -0.370 e. The normalized spacial score (nSPS) is 24.1. The van der Waals surface area contributed by atoms with Gasteiger partial charge in [-0.1, -0.05) is 29.8 Å². The zero-order chi connectivity index (χ0) is 20.0. The molecule has 0 aromatic heterocycles. The van der Waals surface area contributed by atoms with Crippen molar-refractivity contribution < 1.29 is 24.2 Å². The molecule has 1 aromatic rings. The van der Waals surface area contributed by atoms with Crippen molar-refractivity contribution in [3.8, 4) is 0 Å². The highest BCUT2D eigenvalue weighted by molar-refractivity contribution is 5.76. The molecule has 4 N–H and O–H groups in total. The smallest absolute Gasteiger partial charge is 0.275 e. The summed E-state index contributed by atoms with van der Waals surface area (Å²) in [6.45, 7) is 17.2. The van der Waals surface area contributed by atoms with Gasteiger partial charge in [0.1, 0.15) is 51.4 Å². The van der Waals surface area contributed by atoms with E-state index in [9.17, 15) is 4.79 Å². The van der Waals surface area contributed by atoms with Gasteiger partial charge in [0.05, 0.1) is 19.8 Å². The van der Waals surface area contributed by atoms with Crippen LogP contribution in [-0.4, -0.2) is 77.0 Å². The second kappa shape index (κ2) is 9.83. The Morgan fingerprint density at radius 3 is 2.43 bits per heavy atom. The summed E-state index contributed by atoms with van der Waals surface area (Å²) in [6.07, 6.45) is 0. The third-order valence-corrected chi connectivity index (χ3v) is 6.39. The summed E-state index contributed by atoms with van der Waals surface area (Å²) in [7, 11) is 0. The van der Waals surface area contributed by atoms with Gasteiger partial charge in [0.15, 0.2) is 6.54 Å². The van der Waals surface area contributed by atoms with E-state index in [1.807, 2.05) is 0 Å². The highest BCUT2D eigenvalue weighted by Gasteiger charge is 2.33. The van der Waals surface area contributed by atoms with Crippen molar-refractivity contribution in [2.24, 2.45) is 0 Å². The van der Waals surface area contributed by atoms with Crippen LogP contribution in [0.25, 0.3) is 0 Å². The maximum Gasteiger partial charge on any atom is 0.275 e. The Labute approximate surface area is 169 Å². The largest absolute Gasteiger partial charge is 0.370 e. The average Bonchev–Trinajstić information content (AvgIpc) is 2.69. The summed E-state index contributed by atoms with van der Waals surface area (Å²) in [4.78, 5) is 17.1. The van der Waals surface area contributed by atoms with Crippen LogP contribution in [0.1, 0.15) is 25.0 Å². The molecule has 2 aliphatic rings. The van der Waals surface area contributed by atoms with Gasteiger partial charge in [-0.3, -0.25) is 4.79 Å². The third kappa shape index (κ3) is 6.27. The van der Waals surface area contributed by atoms with E-state index in [-0.39, 0.29) is 11.4 Å². The highest BCUT2D eigenvalue weighted by Crippen LogP contribution is 2.02. The molecule has 2 heterocycles. The Hall–Kier alpha value is -1.47. The van der Waals surface area contributed by atoms with E-state index in [0.717, 1.165) is 65.6 Å². The molecule has 2 fully saturated rings. The minimum absolute atomic E-state index is 0.0609. The van der Waals surface area contributed by atoms with Crippen molar-refractivity contribution in [1.82, 2.24) is 5.32 Å². The zero-order valence-corrected chi connectivity index (χ0v) is 17.9. The van der Waals surface area contributed by atoms with Gasteiger partial charge in [-0.25, -0.2) is 0 Å². The van der Waals surface area contributed by atoms with E-state index in [1.165, 1.54) is 20.9 Å². The number of morpholine rings is 1. The lowest BCUT2D eigenvalue weighted by molar-refractivity contribution is -1.02. The molecule has 0 spiro atoms. The van der Waals surface area contributed by atoms with E-state index in [2.05, 4.69) is 50.4 Å². The number of aryl methyl sites for hydroxylation is 1. The van der Waals surface area contributed by atoms with Gasteiger partial charge in [-0.2, -0.15) is 0 Å². The number of quaternary nitrogens is 3. The molecule has 6 heteroatoms. The molecule has 2 saturated heterocycles. The molecule has 156 valence electrons. The van der Waals surface area contributed by atoms with E-state index in [1.54, 1.807) is 4.90 Å². The van der Waals surface area contributed by atoms with Crippen LogP contribution >= 0.6 is 0 Å². The maximum atomic E-state index is 12.5. The summed E-state index contributed by atoms with van der Waals surface area (Å²) in [5, 5.41) is 3.20. The van der Waals surface area contributed by atoms with Crippen molar-refractivity contribution in [2.45, 2.75) is 32.9 Å². The predicted molar refractivity (Wildman–Crippen MR) is 110 cm³/mol. The highest BCUT2D eigenvalue weighted by atomic mass is 16.5. The SMILES string of the molecule is Cc1cccc(C[NH+]2CC[NH+](CC(=O)NCC(C)(C)[NH+]3CCOCC3)CC2)c1. The molecule has 28 heavy (non-hydrogen) atoms. The molecule has 3 rings (SSSR count). The predicted octanol–water partition coefficient (Wildman–Crippen LogP) is -2.91. The second-order valence-corrected chi connectivity index (χ2v) is 9.22. The molecule has 0 unspecified atom stereocenters. The fraction of sp³-hybridized carbons (Fsp3) is 0.682. The fourth-order valence-corrected chi connectivity index (χ4v) is 4.45. The van der Waals surface area contributed by atoms with Crippen LogP contribution in [0.2, 0.25) is 0 Å². The first-order valence-corrected chi connectivity index (χ1v) is 10.8. The Kier molecular flexibility index (Phi) is 7.46. The molecule has 0 radical (unpaired) electrons. The van der Waals surface area contributed by atoms with E-state index < -0.39 is 0 Å². The summed E-state index contributed by atoms with van der Waals surface area (Å²) in [6, 6.07) is 8.82. The number of rotatable bonds is 7. The first-order valence-electron chi connectivity index (χ1n) is 10.8. The Morgan fingerprint density at radius 1 is 1.07 bits per heavy atom. The van der Waals surface area contributed by atoms with Gasteiger partial charge in [0.25, 0.3) is 5.91 Å². The topological polar surface area (TPSA) is 51.7 Å². The van der Waals surface area contributed by atoms with Crippen LogP contribution in [0.4, 0.5) is 0 Å². The first kappa shape index (κ1) is 21.2. The van der Waals surface area contributed by atoms with Crippen molar-refractivity contribution >= 4 is 5.91 Å². The zero-order valence-electron chi connectivity index (χ0n) is 17.9. The van der Waals surface area contributed by atoms with Gasteiger partial charge in [-0.05, 0) is 20.8 Å². The summed E-state index contributed by atoms with van der Waals surface area (Å²) < 4.78 is 5.46. The molecule has 1 amide bonds. The molecule has 0 saturated carbocycles. The molecule has 2 aliphatic heterocycles. The first-order chi connectivity index (χ1) is 13.4. The van der Waals surface area contributed by atoms with E-state index in [0.29, 0.717) is 6.54 Å². The summed E-state index contributed by atoms with van der Waals surface area (Å²) in [5.41, 5.74) is 2.81. The number of ether oxygens (including phenoxy) is 1. The van der Waals surface area contributed by atoms with Crippen LogP contribution in [0.3, 0.4) is 0 Å². The number of carbonyl (C=O) groups is 1. The van der Waals surface area contributed by atoms with E-state index in [4.69, 9.17) is 4.74 Å². The molecule has 1 aromatic carbocycles. The van der Waals surface area contributed by atoms with Crippen LogP contribution in [0.5, 0.6) is 0 Å². The monoisotopic (exact) mass is 391 g/mol. The minimum atomic E-state index is 0.0609. The number of benzene rings is 1. The van der Waals surface area contributed by atoms with E-state index >= 15 is 0 Å². The van der Waals surface area contributed by atoms with Gasteiger partial charge in [-0.15, -0.1) is 0 Å². The molecule has 0 atom stereocenters. The van der Waals surface area contributed by atoms with Crippen molar-refractivity contribution in [3.05, 3.63) is 35.4 Å². The molecule has 0 bridgehead atoms. The number of nitrogens with one attached hydrogen (secondary N) is 4. The van der Waals surface area contributed by atoms with Crippen LogP contribution < -0.4 is 20.0 Å². The number of hydrogen-bond donors (Lipinski definition) is 4. The lowest BCUT2D eigenvalue weighted by Gasteiger charge is -2.37. The van der Waals surface area contributed by atoms with Crippen LogP contribution in [-0.2, 0) is 16.1 Å². The number of amides is 1. The number of hydrogen-bond acceptors (Lipinski definition) is 2. The van der Waals surface area contributed by atoms with Crippen molar-refractivity contribution in [2.75, 3.05) is 65.6 Å². The van der Waals surface area contributed by atoms with Crippen LogP contribution in [0, 0.1) is 6.92 Å². The van der Waals surface area contributed by atoms with Crippen LogP contribution in [0.15, 0.2) is 24.3 Å². The summed E-state index contributed by atoms with van der Waals surface area (Å²) >= 11 is 0. The number of piperazine rings is 1. The lowest BCUT2D eigenvalue weighted by Crippen LogP contribution is -3.28. The Morgan fingerprint density at radius 2 is 1.75 bits per heavy atom. The quantitative estimate of drug-likeness (QED) is 0.403. The van der Waals surface area contributed by atoms with Gasteiger partial charge in [0, 0.05) is 5.56 Å². The maximum absolute atomic E-state index is 12.5. The van der Waals surface area contributed by atoms with Crippen molar-refractivity contribution in [1.29, 1.82) is 0 Å². The Bertz CT molecular complexity index is 635. The van der Waals surface area contributed by atoms with Gasteiger partial charge < -0.3 is 24.8 Å². The van der Waals surface area contributed by atoms with Crippen molar-refractivity contribution in [3.63, 3.8) is 0 Å². The number of carbonyl (C=O) groups excluding carboxylic acids is 1. The second-order valence-electron chi connectivity index (χ2n) is 9.22. The van der Waals surface area contributed by atoms with Gasteiger partial charge >= 0.3 is 0 Å². The van der Waals surface area contributed by atoms with Gasteiger partial charge in [0.2, 0.25) is 0 Å².